The van der Waals surface area contributed by atoms with E-state index in [1.807, 2.05) is 35.7 Å². The molecule has 0 spiro atoms. The maximum Gasteiger partial charge on any atom is 0.251 e. The van der Waals surface area contributed by atoms with Gasteiger partial charge >= 0.3 is 0 Å². The van der Waals surface area contributed by atoms with Crippen molar-refractivity contribution in [3.8, 4) is 11.5 Å². The maximum atomic E-state index is 12.4. The van der Waals surface area contributed by atoms with Gasteiger partial charge in [0.05, 0.1) is 25.3 Å². The molecule has 0 unspecified atom stereocenters. The van der Waals surface area contributed by atoms with Crippen molar-refractivity contribution in [2.75, 3.05) is 13.7 Å². The number of hydrogen-bond donors (Lipinski definition) is 1. The summed E-state index contributed by atoms with van der Waals surface area (Å²) in [4.78, 5) is 12.4. The van der Waals surface area contributed by atoms with Gasteiger partial charge in [-0.15, -0.1) is 10.2 Å². The molecule has 7 nitrogen and oxygen atoms in total. The van der Waals surface area contributed by atoms with Crippen LogP contribution in [-0.4, -0.2) is 34.2 Å². The lowest BCUT2D eigenvalue weighted by Crippen LogP contribution is -2.24. The Kier molecular flexibility index (Phi) is 5.04. The van der Waals surface area contributed by atoms with E-state index in [1.54, 1.807) is 12.1 Å². The third kappa shape index (κ3) is 3.51. The lowest BCUT2D eigenvalue weighted by atomic mass is 10.2. The molecular weight excluding hydrogens is 344 g/mol. The number of nitrogens with one attached hydrogen (secondary N) is 1. The molecule has 0 aliphatic heterocycles. The maximum absolute atomic E-state index is 12.4. The minimum absolute atomic E-state index is 0.233. The first-order valence-corrected chi connectivity index (χ1v) is 8.09. The zero-order valence-corrected chi connectivity index (χ0v) is 14.6. The molecule has 0 aliphatic rings. The highest BCUT2D eigenvalue weighted by Gasteiger charge is 2.16. The third-order valence-electron chi connectivity index (χ3n) is 3.57. The van der Waals surface area contributed by atoms with Crippen molar-refractivity contribution < 1.29 is 14.3 Å². The number of benzene rings is 1. The third-order valence-corrected chi connectivity index (χ3v) is 3.85. The summed E-state index contributed by atoms with van der Waals surface area (Å²) >= 11 is 6.20. The number of ether oxygens (including phenoxy) is 2. The van der Waals surface area contributed by atoms with Gasteiger partial charge in [0.15, 0.2) is 23.0 Å². The largest absolute Gasteiger partial charge is 0.493 e. The standard InChI is InChI=1S/C17H17ClN4O3/c1-3-25-16-12(18)8-11(9-13(16)24-2)17(23)19-10-15-21-20-14-6-4-5-7-22(14)15/h4-9H,3,10H2,1-2H3,(H,19,23). The second-order valence-corrected chi connectivity index (χ2v) is 5.56. The molecule has 2 heterocycles. The zero-order valence-electron chi connectivity index (χ0n) is 13.8. The highest BCUT2D eigenvalue weighted by atomic mass is 35.5. The topological polar surface area (TPSA) is 77.8 Å². The molecular formula is C17H17ClN4O3. The first-order valence-electron chi connectivity index (χ1n) is 7.71. The van der Waals surface area contributed by atoms with Crippen LogP contribution in [0.2, 0.25) is 5.02 Å². The summed E-state index contributed by atoms with van der Waals surface area (Å²) in [6, 6.07) is 8.73. The number of nitrogens with zero attached hydrogens (tertiary/aromatic N) is 3. The molecule has 1 aromatic carbocycles. The van der Waals surface area contributed by atoms with Crippen LogP contribution in [0.15, 0.2) is 36.5 Å². The van der Waals surface area contributed by atoms with Gasteiger partial charge in [-0.2, -0.15) is 0 Å². The number of methoxy groups -OCH3 is 1. The van der Waals surface area contributed by atoms with Crippen molar-refractivity contribution in [2.24, 2.45) is 0 Å². The summed E-state index contributed by atoms with van der Waals surface area (Å²) in [5.41, 5.74) is 1.09. The molecule has 3 aromatic rings. The van der Waals surface area contributed by atoms with Crippen molar-refractivity contribution in [3.05, 3.63) is 52.9 Å². The van der Waals surface area contributed by atoms with Crippen molar-refractivity contribution in [2.45, 2.75) is 13.5 Å². The Balaban J connectivity index is 1.78. The summed E-state index contributed by atoms with van der Waals surface area (Å²) in [7, 11) is 1.50. The average Bonchev–Trinajstić information content (AvgIpc) is 3.04. The van der Waals surface area contributed by atoms with E-state index in [9.17, 15) is 4.79 Å². The Bertz CT molecular complexity index is 910. The molecule has 25 heavy (non-hydrogen) atoms. The van der Waals surface area contributed by atoms with Crippen LogP contribution >= 0.6 is 11.6 Å². The molecule has 0 atom stereocenters. The van der Waals surface area contributed by atoms with Crippen molar-refractivity contribution >= 4 is 23.2 Å². The van der Waals surface area contributed by atoms with Gasteiger partial charge in [0.2, 0.25) is 0 Å². The van der Waals surface area contributed by atoms with Crippen LogP contribution in [0.3, 0.4) is 0 Å². The number of carbonyl (C=O) groups excluding carboxylic acids is 1. The summed E-state index contributed by atoms with van der Waals surface area (Å²) < 4.78 is 12.5. The van der Waals surface area contributed by atoms with Crippen LogP contribution in [0.5, 0.6) is 11.5 Å². The summed E-state index contributed by atoms with van der Waals surface area (Å²) in [5.74, 6) is 1.17. The van der Waals surface area contributed by atoms with Gasteiger partial charge in [0.1, 0.15) is 0 Å². The predicted octanol–water partition coefficient (Wildman–Crippen LogP) is 2.72. The Labute approximate surface area is 149 Å². The van der Waals surface area contributed by atoms with Crippen LogP contribution < -0.4 is 14.8 Å². The Hall–Kier alpha value is -2.80. The Morgan fingerprint density at radius 3 is 2.92 bits per heavy atom. The van der Waals surface area contributed by atoms with E-state index in [2.05, 4.69) is 15.5 Å². The highest BCUT2D eigenvalue weighted by molar-refractivity contribution is 6.32. The molecule has 2 aromatic heterocycles. The van der Waals surface area contributed by atoms with Gasteiger partial charge in [-0.05, 0) is 31.2 Å². The zero-order chi connectivity index (χ0) is 17.8. The highest BCUT2D eigenvalue weighted by Crippen LogP contribution is 2.36. The van der Waals surface area contributed by atoms with E-state index in [-0.39, 0.29) is 12.5 Å². The van der Waals surface area contributed by atoms with Gasteiger partial charge in [-0.25, -0.2) is 0 Å². The molecule has 0 saturated carbocycles. The summed E-state index contributed by atoms with van der Waals surface area (Å²) in [6.45, 7) is 2.53. The smallest absolute Gasteiger partial charge is 0.251 e. The predicted molar refractivity (Wildman–Crippen MR) is 93.3 cm³/mol. The Morgan fingerprint density at radius 1 is 1.32 bits per heavy atom. The van der Waals surface area contributed by atoms with Crippen LogP contribution in [0.1, 0.15) is 23.1 Å². The lowest BCUT2D eigenvalue weighted by Gasteiger charge is -2.13. The molecule has 0 fully saturated rings. The van der Waals surface area contributed by atoms with Crippen LogP contribution in [0.25, 0.3) is 5.65 Å². The lowest BCUT2D eigenvalue weighted by molar-refractivity contribution is 0.0949. The van der Waals surface area contributed by atoms with Crippen LogP contribution in [0, 0.1) is 0 Å². The van der Waals surface area contributed by atoms with E-state index in [1.165, 1.54) is 7.11 Å². The van der Waals surface area contributed by atoms with E-state index >= 15 is 0 Å². The van der Waals surface area contributed by atoms with E-state index in [0.717, 1.165) is 5.65 Å². The molecule has 0 radical (unpaired) electrons. The first kappa shape index (κ1) is 17.0. The van der Waals surface area contributed by atoms with Gasteiger partial charge in [0.25, 0.3) is 5.91 Å². The fourth-order valence-electron chi connectivity index (χ4n) is 2.41. The number of hydrogen-bond acceptors (Lipinski definition) is 5. The van der Waals surface area contributed by atoms with Gasteiger partial charge < -0.3 is 14.8 Å². The fourth-order valence-corrected chi connectivity index (χ4v) is 2.67. The van der Waals surface area contributed by atoms with Gasteiger partial charge in [0, 0.05) is 11.8 Å². The van der Waals surface area contributed by atoms with E-state index in [0.29, 0.717) is 34.5 Å². The molecule has 0 bridgehead atoms. The average molecular weight is 361 g/mol. The number of halogens is 1. The minimum Gasteiger partial charge on any atom is -0.493 e. The van der Waals surface area contributed by atoms with Gasteiger partial charge in [-0.1, -0.05) is 17.7 Å². The first-order chi connectivity index (χ1) is 12.1. The summed E-state index contributed by atoms with van der Waals surface area (Å²) in [5, 5.41) is 11.3. The van der Waals surface area contributed by atoms with Crippen LogP contribution in [0.4, 0.5) is 0 Å². The van der Waals surface area contributed by atoms with Crippen LogP contribution in [-0.2, 0) is 6.54 Å². The normalized spacial score (nSPS) is 10.7. The van der Waals surface area contributed by atoms with E-state index in [4.69, 9.17) is 21.1 Å². The van der Waals surface area contributed by atoms with E-state index < -0.39 is 0 Å². The molecule has 130 valence electrons. The molecule has 0 aliphatic carbocycles. The molecule has 3 rings (SSSR count). The van der Waals surface area contributed by atoms with Gasteiger partial charge in [-0.3, -0.25) is 9.20 Å². The number of carbonyl (C=O) groups is 1. The van der Waals surface area contributed by atoms with Crippen molar-refractivity contribution in [1.82, 2.24) is 19.9 Å². The monoisotopic (exact) mass is 360 g/mol. The molecule has 1 amide bonds. The van der Waals surface area contributed by atoms with Crippen molar-refractivity contribution in [3.63, 3.8) is 0 Å². The number of amides is 1. The quantitative estimate of drug-likeness (QED) is 0.731. The second-order valence-electron chi connectivity index (χ2n) is 5.15. The fraction of sp³-hybridized carbons (Fsp3) is 0.235. The summed E-state index contributed by atoms with van der Waals surface area (Å²) in [6.07, 6.45) is 1.84. The molecule has 1 N–H and O–H groups in total. The number of pyridine rings is 1. The molecule has 0 saturated heterocycles. The SMILES string of the molecule is CCOc1c(Cl)cc(C(=O)NCc2nnc3ccccn23)cc1OC. The Morgan fingerprint density at radius 2 is 2.16 bits per heavy atom. The molecule has 8 heteroatoms. The second kappa shape index (κ2) is 7.40. The minimum atomic E-state index is -0.295. The van der Waals surface area contributed by atoms with Crippen molar-refractivity contribution in [1.29, 1.82) is 0 Å². The number of aromatic nitrogens is 3. The number of rotatable bonds is 6. The number of fused-ring (bicyclic) bond motifs is 1.